The Hall–Kier alpha value is -3.73. The van der Waals surface area contributed by atoms with Crippen molar-refractivity contribution in [1.29, 1.82) is 0 Å². The van der Waals surface area contributed by atoms with Gasteiger partial charge in [0.1, 0.15) is 17.3 Å². The second kappa shape index (κ2) is 15.2. The van der Waals surface area contributed by atoms with Crippen molar-refractivity contribution in [3.05, 3.63) is 65.7 Å². The first-order valence-electron chi connectivity index (χ1n) is 13.4. The molecule has 1 aliphatic rings. The van der Waals surface area contributed by atoms with Crippen LogP contribution in [0, 0.1) is 0 Å². The number of nitrogens with zero attached hydrogens (tertiary/aromatic N) is 5. The Morgan fingerprint density at radius 2 is 1.88 bits per heavy atom. The van der Waals surface area contributed by atoms with Crippen LogP contribution in [0.3, 0.4) is 0 Å². The first-order chi connectivity index (χ1) is 19.2. The number of pyridine rings is 1. The van der Waals surface area contributed by atoms with E-state index < -0.39 is 6.36 Å². The average molecular weight is 559 g/mol. The minimum absolute atomic E-state index is 0.235. The molecule has 3 aromatic rings. The van der Waals surface area contributed by atoms with Gasteiger partial charge in [-0.05, 0) is 107 Å². The summed E-state index contributed by atoms with van der Waals surface area (Å²) in [5.41, 5.74) is 3.39. The monoisotopic (exact) mass is 558 g/mol. The lowest BCUT2D eigenvalue weighted by molar-refractivity contribution is -0.274. The van der Waals surface area contributed by atoms with Crippen LogP contribution in [-0.4, -0.2) is 65.3 Å². The Kier molecular flexibility index (Phi) is 11.7. The molecule has 0 aliphatic carbocycles. The zero-order valence-electron chi connectivity index (χ0n) is 23.5. The molecule has 1 fully saturated rings. The lowest BCUT2D eigenvalue weighted by Gasteiger charge is -2.14. The number of allylic oxidation sites excluding steroid dienone is 2. The van der Waals surface area contributed by atoms with Crippen molar-refractivity contribution in [2.24, 2.45) is 4.99 Å². The normalized spacial score (nSPS) is 13.9. The van der Waals surface area contributed by atoms with E-state index in [-0.39, 0.29) is 17.5 Å². The number of aromatic nitrogens is 3. The van der Waals surface area contributed by atoms with E-state index in [9.17, 15) is 13.2 Å². The third-order valence-electron chi connectivity index (χ3n) is 6.05. The van der Waals surface area contributed by atoms with Crippen LogP contribution >= 0.6 is 0 Å². The van der Waals surface area contributed by atoms with Crippen molar-refractivity contribution in [1.82, 2.24) is 20.0 Å². The van der Waals surface area contributed by atoms with Crippen molar-refractivity contribution in [3.8, 4) is 17.1 Å². The van der Waals surface area contributed by atoms with Gasteiger partial charge in [-0.2, -0.15) is 4.98 Å². The molecule has 1 aromatic carbocycles. The first-order valence-corrected chi connectivity index (χ1v) is 13.4. The summed E-state index contributed by atoms with van der Waals surface area (Å²) in [6.45, 7) is 10.8. The molecule has 0 bridgehead atoms. The summed E-state index contributed by atoms with van der Waals surface area (Å²) in [5.74, 6) is 1.19. The molecule has 4 rings (SSSR count). The summed E-state index contributed by atoms with van der Waals surface area (Å²) in [6.07, 6.45) is 4.00. The molecule has 1 N–H and O–H groups in total. The molecule has 0 atom stereocenters. The number of anilines is 1. The fourth-order valence-corrected chi connectivity index (χ4v) is 4.06. The molecular formula is C29H37F3N6O2. The number of hydrogen-bond acceptors (Lipinski definition) is 8. The van der Waals surface area contributed by atoms with Crippen LogP contribution in [0.4, 0.5) is 19.0 Å². The van der Waals surface area contributed by atoms with E-state index in [0.29, 0.717) is 11.3 Å². The number of ether oxygens (including phenoxy) is 1. The van der Waals surface area contributed by atoms with Crippen molar-refractivity contribution in [3.63, 3.8) is 0 Å². The molecule has 40 heavy (non-hydrogen) atoms. The molecular weight excluding hydrogens is 521 g/mol. The van der Waals surface area contributed by atoms with E-state index in [0.717, 1.165) is 24.4 Å². The van der Waals surface area contributed by atoms with E-state index in [2.05, 4.69) is 54.1 Å². The number of alkyl halides is 3. The van der Waals surface area contributed by atoms with E-state index >= 15 is 0 Å². The Balaban J connectivity index is 0.000000230. The first kappa shape index (κ1) is 30.8. The van der Waals surface area contributed by atoms with Gasteiger partial charge in [0.05, 0.1) is 0 Å². The molecule has 1 aliphatic heterocycles. The van der Waals surface area contributed by atoms with Crippen molar-refractivity contribution in [2.45, 2.75) is 52.8 Å². The molecule has 8 nitrogen and oxygen atoms in total. The molecule has 0 unspecified atom stereocenters. The highest BCUT2D eigenvalue weighted by atomic mass is 19.4. The van der Waals surface area contributed by atoms with Gasteiger partial charge in [0, 0.05) is 25.4 Å². The van der Waals surface area contributed by atoms with Crippen molar-refractivity contribution >= 4 is 11.5 Å². The predicted octanol–water partition coefficient (Wildman–Crippen LogP) is 6.56. The molecule has 2 aromatic heterocycles. The number of likely N-dealkylation sites (tertiary alicyclic amines) is 1. The summed E-state index contributed by atoms with van der Waals surface area (Å²) in [6, 6.07) is 9.43. The van der Waals surface area contributed by atoms with Crippen LogP contribution in [-0.2, 0) is 6.42 Å². The lowest BCUT2D eigenvalue weighted by atomic mass is 10.2. The van der Waals surface area contributed by atoms with Gasteiger partial charge in [-0.3, -0.25) is 4.99 Å². The molecule has 3 heterocycles. The topological polar surface area (TPSA) is 88.7 Å². The maximum absolute atomic E-state index is 12.1. The lowest BCUT2D eigenvalue weighted by Crippen LogP contribution is -2.22. The van der Waals surface area contributed by atoms with Crippen molar-refractivity contribution in [2.75, 3.05) is 38.5 Å². The maximum atomic E-state index is 12.1. The number of aryl methyl sites for hydroxylation is 1. The second-order valence-corrected chi connectivity index (χ2v) is 9.56. The predicted molar refractivity (Wildman–Crippen MR) is 151 cm³/mol. The van der Waals surface area contributed by atoms with Gasteiger partial charge in [-0.1, -0.05) is 17.7 Å². The minimum Gasteiger partial charge on any atom is -0.406 e. The zero-order chi connectivity index (χ0) is 29.0. The third-order valence-corrected chi connectivity index (χ3v) is 6.05. The zero-order valence-corrected chi connectivity index (χ0v) is 23.5. The summed E-state index contributed by atoms with van der Waals surface area (Å²) in [4.78, 5) is 15.1. The highest BCUT2D eigenvalue weighted by Crippen LogP contribution is 2.25. The van der Waals surface area contributed by atoms with Crippen LogP contribution in [0.25, 0.3) is 11.4 Å². The van der Waals surface area contributed by atoms with Crippen LogP contribution in [0.15, 0.2) is 63.8 Å². The largest absolute Gasteiger partial charge is 0.573 e. The van der Waals surface area contributed by atoms with Gasteiger partial charge in [0.25, 0.3) is 5.89 Å². The number of rotatable bonds is 10. The number of hydrogen-bond donors (Lipinski definition) is 1. The SMILES string of the molecule is CCc1ccnc(NCCCN2CCCC2)c1.CN=C(C=C(C)C)c1nc(-c2ccc(OC(F)(F)F)cc2)no1. The molecule has 216 valence electrons. The molecule has 1 saturated heterocycles. The van der Waals surface area contributed by atoms with Gasteiger partial charge in [0.15, 0.2) is 0 Å². The minimum atomic E-state index is -4.72. The number of halogens is 3. The van der Waals surface area contributed by atoms with Crippen molar-refractivity contribution < 1.29 is 22.4 Å². The highest BCUT2D eigenvalue weighted by Gasteiger charge is 2.31. The Labute approximate surface area is 233 Å². The third kappa shape index (κ3) is 10.4. The second-order valence-electron chi connectivity index (χ2n) is 9.56. The maximum Gasteiger partial charge on any atom is 0.573 e. The Bertz CT molecular complexity index is 1250. The summed E-state index contributed by atoms with van der Waals surface area (Å²) >= 11 is 0. The standard InChI is InChI=1S/C15H14F3N3O2.C14H23N3/c1-9(2)8-12(19-3)14-20-13(21-23-14)10-4-6-11(7-5-10)22-15(16,17)18;1-2-13-6-8-16-14(12-13)15-7-5-11-17-9-3-4-10-17/h4-8H,1-3H3;6,8,12H,2-5,7,9-11H2,1H3,(H,15,16). The number of benzene rings is 1. The smallest absolute Gasteiger partial charge is 0.406 e. The molecule has 0 spiro atoms. The summed E-state index contributed by atoms with van der Waals surface area (Å²) in [5, 5.41) is 7.21. The average Bonchev–Trinajstić information content (AvgIpc) is 3.63. The van der Waals surface area contributed by atoms with Gasteiger partial charge in [-0.25, -0.2) is 4.98 Å². The van der Waals surface area contributed by atoms with Gasteiger partial charge < -0.3 is 19.5 Å². The Morgan fingerprint density at radius 3 is 2.50 bits per heavy atom. The van der Waals surface area contributed by atoms with Crippen LogP contribution in [0.2, 0.25) is 0 Å². The quantitative estimate of drug-likeness (QED) is 0.223. The molecule has 0 amide bonds. The van der Waals surface area contributed by atoms with Crippen LogP contribution in [0.1, 0.15) is 51.5 Å². The summed E-state index contributed by atoms with van der Waals surface area (Å²) in [7, 11) is 1.60. The fraction of sp³-hybridized carbons (Fsp3) is 0.448. The fourth-order valence-electron chi connectivity index (χ4n) is 4.06. The van der Waals surface area contributed by atoms with Gasteiger partial charge >= 0.3 is 6.36 Å². The molecule has 0 saturated carbocycles. The summed E-state index contributed by atoms with van der Waals surface area (Å²) < 4.78 is 45.3. The van der Waals surface area contributed by atoms with Gasteiger partial charge in [0.2, 0.25) is 5.82 Å². The van der Waals surface area contributed by atoms with Gasteiger partial charge in [-0.15, -0.1) is 13.2 Å². The highest BCUT2D eigenvalue weighted by molar-refractivity contribution is 6.05. The van der Waals surface area contributed by atoms with E-state index in [1.54, 1.807) is 13.1 Å². The van der Waals surface area contributed by atoms with Crippen LogP contribution < -0.4 is 10.1 Å². The van der Waals surface area contributed by atoms with Crippen LogP contribution in [0.5, 0.6) is 5.75 Å². The number of nitrogens with one attached hydrogen (secondary N) is 1. The molecule has 11 heteroatoms. The Morgan fingerprint density at radius 1 is 1.15 bits per heavy atom. The van der Waals surface area contributed by atoms with E-state index in [1.165, 1.54) is 68.7 Å². The van der Waals surface area contributed by atoms with E-state index in [4.69, 9.17) is 4.52 Å². The molecule has 0 radical (unpaired) electrons. The number of aliphatic imine (C=N–C) groups is 1. The van der Waals surface area contributed by atoms with E-state index in [1.807, 2.05) is 20.0 Å².